The topological polar surface area (TPSA) is 82.3 Å². The molecule has 0 aliphatic carbocycles. The Balaban J connectivity index is 1.47. The second-order valence-corrected chi connectivity index (χ2v) is 6.59. The number of hydrogen-bond donors (Lipinski definition) is 0. The maximum atomic E-state index is 12.0. The molecule has 0 radical (unpaired) electrons. The third-order valence-electron chi connectivity index (χ3n) is 4.17. The highest BCUT2D eigenvalue weighted by Crippen LogP contribution is 2.17. The van der Waals surface area contributed by atoms with E-state index in [0.717, 1.165) is 12.0 Å². The van der Waals surface area contributed by atoms with Crippen molar-refractivity contribution in [3.8, 4) is 11.4 Å². The molecule has 1 aromatic heterocycles. The van der Waals surface area contributed by atoms with Crippen LogP contribution >= 0.6 is 11.6 Å². The molecular weight excluding hydrogens is 380 g/mol. The van der Waals surface area contributed by atoms with Gasteiger partial charge in [-0.3, -0.25) is 9.59 Å². The third-order valence-corrected chi connectivity index (χ3v) is 4.42. The van der Waals surface area contributed by atoms with Gasteiger partial charge in [-0.25, -0.2) is 0 Å². The smallest absolute Gasteiger partial charge is 0.306 e. The largest absolute Gasteiger partial charge is 0.456 e. The van der Waals surface area contributed by atoms with Crippen LogP contribution in [-0.4, -0.2) is 21.9 Å². The highest BCUT2D eigenvalue weighted by Gasteiger charge is 2.13. The van der Waals surface area contributed by atoms with Crippen molar-refractivity contribution in [2.75, 3.05) is 0 Å². The summed E-state index contributed by atoms with van der Waals surface area (Å²) >= 11 is 5.79. The van der Waals surface area contributed by atoms with Crippen molar-refractivity contribution in [3.63, 3.8) is 0 Å². The molecule has 2 aromatic carbocycles. The van der Waals surface area contributed by atoms with Gasteiger partial charge in [0.05, 0.1) is 6.42 Å². The normalized spacial score (nSPS) is 10.6. The first kappa shape index (κ1) is 19.8. The van der Waals surface area contributed by atoms with Gasteiger partial charge in [-0.05, 0) is 36.2 Å². The van der Waals surface area contributed by atoms with Crippen LogP contribution in [0.3, 0.4) is 0 Å². The quantitative estimate of drug-likeness (QED) is 0.405. The number of aromatic nitrogens is 2. The fraction of sp³-hybridized carbons (Fsp3) is 0.238. The van der Waals surface area contributed by atoms with Gasteiger partial charge in [0.25, 0.3) is 5.89 Å². The number of aryl methyl sites for hydroxylation is 1. The lowest BCUT2D eigenvalue weighted by molar-refractivity contribution is -0.145. The monoisotopic (exact) mass is 398 g/mol. The number of Topliss-reactive ketones (excluding diaryl/α,β-unsaturated/α-hetero) is 1. The molecule has 3 rings (SSSR count). The van der Waals surface area contributed by atoms with E-state index in [1.165, 1.54) is 5.56 Å². The molecule has 0 atom stereocenters. The van der Waals surface area contributed by atoms with Crippen LogP contribution in [0, 0.1) is 0 Å². The van der Waals surface area contributed by atoms with Crippen molar-refractivity contribution in [3.05, 3.63) is 70.6 Å². The summed E-state index contributed by atoms with van der Waals surface area (Å²) in [5.41, 5.74) is 2.55. The molecule has 0 bridgehead atoms. The molecule has 144 valence electrons. The summed E-state index contributed by atoms with van der Waals surface area (Å²) in [5.74, 6) is -0.0165. The zero-order valence-electron chi connectivity index (χ0n) is 15.4. The Morgan fingerprint density at radius 1 is 1.04 bits per heavy atom. The van der Waals surface area contributed by atoms with E-state index in [0.29, 0.717) is 16.4 Å². The van der Waals surface area contributed by atoms with Crippen molar-refractivity contribution >= 4 is 23.4 Å². The number of ether oxygens (including phenoxy) is 1. The van der Waals surface area contributed by atoms with Crippen molar-refractivity contribution in [2.24, 2.45) is 0 Å². The average Bonchev–Trinajstić information content (AvgIpc) is 3.20. The lowest BCUT2D eigenvalue weighted by Gasteiger charge is -2.02. The molecule has 0 saturated heterocycles. The minimum absolute atomic E-state index is 0.0269. The van der Waals surface area contributed by atoms with Gasteiger partial charge in [0.1, 0.15) is 0 Å². The molecule has 7 heteroatoms. The Morgan fingerprint density at radius 3 is 2.43 bits per heavy atom. The van der Waals surface area contributed by atoms with Gasteiger partial charge in [-0.15, -0.1) is 0 Å². The number of benzene rings is 2. The summed E-state index contributed by atoms with van der Waals surface area (Å²) in [6.45, 7) is 1.95. The second-order valence-electron chi connectivity index (χ2n) is 6.15. The first-order valence-corrected chi connectivity index (χ1v) is 9.29. The van der Waals surface area contributed by atoms with E-state index in [1.807, 2.05) is 24.3 Å². The Morgan fingerprint density at radius 2 is 1.75 bits per heavy atom. The number of carbonyl (C=O) groups is 2. The van der Waals surface area contributed by atoms with Crippen LogP contribution in [0.2, 0.25) is 5.02 Å². The van der Waals surface area contributed by atoms with E-state index in [4.69, 9.17) is 20.9 Å². The van der Waals surface area contributed by atoms with Crippen LogP contribution in [0.1, 0.15) is 41.6 Å². The molecule has 0 aliphatic rings. The third kappa shape index (κ3) is 5.27. The maximum absolute atomic E-state index is 12.0. The summed E-state index contributed by atoms with van der Waals surface area (Å²) in [6, 6.07) is 14.4. The molecule has 6 nitrogen and oxygen atoms in total. The Labute approximate surface area is 167 Å². The van der Waals surface area contributed by atoms with Gasteiger partial charge < -0.3 is 9.26 Å². The van der Waals surface area contributed by atoms with Crippen LogP contribution in [-0.2, 0) is 22.6 Å². The van der Waals surface area contributed by atoms with Gasteiger partial charge in [-0.2, -0.15) is 4.98 Å². The van der Waals surface area contributed by atoms with Gasteiger partial charge in [0.15, 0.2) is 12.4 Å². The molecule has 0 aliphatic heterocycles. The van der Waals surface area contributed by atoms with Gasteiger partial charge >= 0.3 is 5.97 Å². The molecule has 1 heterocycles. The first-order valence-electron chi connectivity index (χ1n) is 8.91. The number of rotatable bonds is 8. The number of nitrogens with zero attached hydrogens (tertiary/aromatic N) is 2. The van der Waals surface area contributed by atoms with Crippen molar-refractivity contribution in [1.82, 2.24) is 10.1 Å². The zero-order valence-corrected chi connectivity index (χ0v) is 16.1. The van der Waals surface area contributed by atoms with E-state index < -0.39 is 5.97 Å². The zero-order chi connectivity index (χ0) is 19.9. The van der Waals surface area contributed by atoms with Crippen molar-refractivity contribution < 1.29 is 18.8 Å². The fourth-order valence-corrected chi connectivity index (χ4v) is 2.66. The molecule has 0 saturated carbocycles. The number of hydrogen-bond acceptors (Lipinski definition) is 6. The van der Waals surface area contributed by atoms with Crippen LogP contribution in [0.5, 0.6) is 0 Å². The summed E-state index contributed by atoms with van der Waals surface area (Å²) in [7, 11) is 0. The van der Waals surface area contributed by atoms with Crippen LogP contribution in [0.15, 0.2) is 53.1 Å². The number of esters is 1. The fourth-order valence-electron chi connectivity index (χ4n) is 2.53. The van der Waals surface area contributed by atoms with Gasteiger partial charge in [0.2, 0.25) is 5.82 Å². The molecule has 28 heavy (non-hydrogen) atoms. The van der Waals surface area contributed by atoms with E-state index in [2.05, 4.69) is 17.1 Å². The highest BCUT2D eigenvalue weighted by atomic mass is 35.5. The minimum atomic E-state index is -0.505. The predicted octanol–water partition coefficient (Wildman–Crippen LogP) is 4.66. The number of halogens is 1. The Hall–Kier alpha value is -2.99. The molecule has 0 amide bonds. The molecule has 0 fully saturated rings. The van der Waals surface area contributed by atoms with Crippen LogP contribution < -0.4 is 0 Å². The standard InChI is InChI=1S/C21H19ClN2O4/c1-2-14-3-5-16(6-4-14)21-23-19(28-24-21)13-27-20(26)12-11-18(25)15-7-9-17(22)10-8-15/h3-10H,2,11-13H2,1H3. The maximum Gasteiger partial charge on any atom is 0.306 e. The molecular formula is C21H19ClN2O4. The summed E-state index contributed by atoms with van der Waals surface area (Å²) in [4.78, 5) is 28.1. The molecule has 0 spiro atoms. The molecule has 3 aromatic rings. The molecule has 0 unspecified atom stereocenters. The first-order chi connectivity index (χ1) is 13.5. The Kier molecular flexibility index (Phi) is 6.55. The summed E-state index contributed by atoms with van der Waals surface area (Å²) in [6.07, 6.45) is 0.981. The SMILES string of the molecule is CCc1ccc(-c2noc(COC(=O)CCC(=O)c3ccc(Cl)cc3)n2)cc1. The average molecular weight is 399 g/mol. The van der Waals surface area contributed by atoms with E-state index in [1.54, 1.807) is 24.3 Å². The van der Waals surface area contributed by atoms with Crippen LogP contribution in [0.25, 0.3) is 11.4 Å². The number of carbonyl (C=O) groups excluding carboxylic acids is 2. The Bertz CT molecular complexity index is 949. The molecule has 0 N–H and O–H groups in total. The summed E-state index contributed by atoms with van der Waals surface area (Å²) in [5, 5.41) is 4.45. The summed E-state index contributed by atoms with van der Waals surface area (Å²) < 4.78 is 10.2. The highest BCUT2D eigenvalue weighted by molar-refractivity contribution is 6.30. The lowest BCUT2D eigenvalue weighted by Crippen LogP contribution is -2.08. The predicted molar refractivity (Wildman–Crippen MR) is 104 cm³/mol. The van der Waals surface area contributed by atoms with Gasteiger partial charge in [0, 0.05) is 22.6 Å². The van der Waals surface area contributed by atoms with E-state index >= 15 is 0 Å². The minimum Gasteiger partial charge on any atom is -0.456 e. The van der Waals surface area contributed by atoms with Crippen molar-refractivity contribution in [2.45, 2.75) is 32.8 Å². The lowest BCUT2D eigenvalue weighted by atomic mass is 10.1. The number of ketones is 1. The van der Waals surface area contributed by atoms with Gasteiger partial charge in [-0.1, -0.05) is 47.9 Å². The second kappa shape index (κ2) is 9.28. The van der Waals surface area contributed by atoms with E-state index in [9.17, 15) is 9.59 Å². The van der Waals surface area contributed by atoms with Crippen molar-refractivity contribution in [1.29, 1.82) is 0 Å². The van der Waals surface area contributed by atoms with Crippen LogP contribution in [0.4, 0.5) is 0 Å². The van der Waals surface area contributed by atoms with E-state index in [-0.39, 0.29) is 31.1 Å².